The van der Waals surface area contributed by atoms with Crippen molar-refractivity contribution in [1.82, 2.24) is 19.9 Å². The fraction of sp³-hybridized carbons (Fsp3) is 0.182. The standard InChI is InChI=1S/C22H21FN4O/c1-15-19(20-10-18(23)6-7-21(20)26-15)11-22(28)25-12-16-2-4-17(5-3-16)13-27-9-8-24-14-27/h2-10,14,26H,11-13H2,1H3,(H,25,28). The van der Waals surface area contributed by atoms with E-state index in [1.807, 2.05) is 42.0 Å². The zero-order valence-electron chi connectivity index (χ0n) is 15.6. The second kappa shape index (κ2) is 7.68. The predicted octanol–water partition coefficient (Wildman–Crippen LogP) is 3.72. The van der Waals surface area contributed by atoms with Crippen molar-refractivity contribution in [1.29, 1.82) is 0 Å². The van der Waals surface area contributed by atoms with Gasteiger partial charge in [-0.25, -0.2) is 9.37 Å². The average Bonchev–Trinajstić information content (AvgIpc) is 3.30. The van der Waals surface area contributed by atoms with Gasteiger partial charge in [-0.1, -0.05) is 24.3 Å². The number of aryl methyl sites for hydroxylation is 1. The lowest BCUT2D eigenvalue weighted by molar-refractivity contribution is -0.120. The zero-order valence-corrected chi connectivity index (χ0v) is 15.6. The third-order valence-electron chi connectivity index (χ3n) is 4.86. The molecule has 0 unspecified atom stereocenters. The van der Waals surface area contributed by atoms with Crippen LogP contribution in [0.5, 0.6) is 0 Å². The Labute approximate surface area is 162 Å². The van der Waals surface area contributed by atoms with E-state index in [4.69, 9.17) is 0 Å². The number of aromatic nitrogens is 3. The van der Waals surface area contributed by atoms with Crippen molar-refractivity contribution in [2.75, 3.05) is 0 Å². The molecule has 1 amide bonds. The van der Waals surface area contributed by atoms with Crippen molar-refractivity contribution in [3.63, 3.8) is 0 Å². The number of fused-ring (bicyclic) bond motifs is 1. The normalized spacial score (nSPS) is 11.1. The Balaban J connectivity index is 1.37. The molecule has 2 heterocycles. The number of carbonyl (C=O) groups is 1. The number of hydrogen-bond acceptors (Lipinski definition) is 2. The van der Waals surface area contributed by atoms with Gasteiger partial charge in [0.05, 0.1) is 12.7 Å². The highest BCUT2D eigenvalue weighted by Gasteiger charge is 2.13. The highest BCUT2D eigenvalue weighted by molar-refractivity contribution is 5.90. The molecular weight excluding hydrogens is 355 g/mol. The van der Waals surface area contributed by atoms with E-state index in [1.54, 1.807) is 18.6 Å². The Bertz CT molecular complexity index is 1100. The van der Waals surface area contributed by atoms with Crippen molar-refractivity contribution in [2.45, 2.75) is 26.4 Å². The SMILES string of the molecule is Cc1[nH]c2ccc(F)cc2c1CC(=O)NCc1ccc(Cn2ccnc2)cc1. The fourth-order valence-corrected chi connectivity index (χ4v) is 3.36. The third kappa shape index (κ3) is 3.96. The molecule has 0 atom stereocenters. The minimum Gasteiger partial charge on any atom is -0.358 e. The van der Waals surface area contributed by atoms with Crippen LogP contribution in [0.1, 0.15) is 22.4 Å². The molecule has 4 rings (SSSR count). The Hall–Kier alpha value is -3.41. The van der Waals surface area contributed by atoms with Crippen LogP contribution in [0, 0.1) is 12.7 Å². The van der Waals surface area contributed by atoms with Crippen LogP contribution < -0.4 is 5.32 Å². The molecule has 0 saturated heterocycles. The first-order valence-corrected chi connectivity index (χ1v) is 9.15. The summed E-state index contributed by atoms with van der Waals surface area (Å²) >= 11 is 0. The smallest absolute Gasteiger partial charge is 0.224 e. The number of halogens is 1. The Kier molecular flexibility index (Phi) is 4.93. The van der Waals surface area contributed by atoms with E-state index < -0.39 is 0 Å². The summed E-state index contributed by atoms with van der Waals surface area (Å²) in [4.78, 5) is 19.7. The molecule has 0 aliphatic rings. The van der Waals surface area contributed by atoms with Gasteiger partial charge in [-0.05, 0) is 41.8 Å². The van der Waals surface area contributed by atoms with Gasteiger partial charge in [-0.3, -0.25) is 4.79 Å². The molecule has 0 spiro atoms. The molecule has 0 bridgehead atoms. The molecule has 0 fully saturated rings. The summed E-state index contributed by atoms with van der Waals surface area (Å²) in [5.41, 5.74) is 4.77. The lowest BCUT2D eigenvalue weighted by atomic mass is 10.1. The van der Waals surface area contributed by atoms with Gasteiger partial charge in [0.15, 0.2) is 0 Å². The molecular formula is C22H21FN4O. The number of rotatable bonds is 6. The van der Waals surface area contributed by atoms with Crippen LogP contribution in [-0.2, 0) is 24.3 Å². The fourth-order valence-electron chi connectivity index (χ4n) is 3.36. The maximum atomic E-state index is 13.6. The molecule has 2 aromatic carbocycles. The second-order valence-electron chi connectivity index (χ2n) is 6.92. The number of nitrogens with zero attached hydrogens (tertiary/aromatic N) is 2. The average molecular weight is 376 g/mol. The van der Waals surface area contributed by atoms with E-state index in [0.29, 0.717) is 6.54 Å². The zero-order chi connectivity index (χ0) is 19.5. The maximum Gasteiger partial charge on any atom is 0.224 e. The molecule has 2 N–H and O–H groups in total. The van der Waals surface area contributed by atoms with Crippen LogP contribution in [-0.4, -0.2) is 20.4 Å². The quantitative estimate of drug-likeness (QED) is 0.539. The van der Waals surface area contributed by atoms with Crippen molar-refractivity contribution >= 4 is 16.8 Å². The second-order valence-corrected chi connectivity index (χ2v) is 6.92. The van der Waals surface area contributed by atoms with Gasteiger partial charge in [0, 0.05) is 42.1 Å². The van der Waals surface area contributed by atoms with Crippen LogP contribution in [0.4, 0.5) is 4.39 Å². The van der Waals surface area contributed by atoms with Gasteiger partial charge < -0.3 is 14.9 Å². The molecule has 0 saturated carbocycles. The highest BCUT2D eigenvalue weighted by atomic mass is 19.1. The van der Waals surface area contributed by atoms with E-state index in [1.165, 1.54) is 17.7 Å². The first-order valence-electron chi connectivity index (χ1n) is 9.15. The molecule has 0 aliphatic carbocycles. The maximum absolute atomic E-state index is 13.6. The van der Waals surface area contributed by atoms with Crippen LogP contribution >= 0.6 is 0 Å². The van der Waals surface area contributed by atoms with Gasteiger partial charge in [-0.2, -0.15) is 0 Å². The number of nitrogens with one attached hydrogen (secondary N) is 2. The van der Waals surface area contributed by atoms with E-state index in [0.717, 1.165) is 34.3 Å². The summed E-state index contributed by atoms with van der Waals surface area (Å²) in [5, 5.41) is 3.71. The topological polar surface area (TPSA) is 62.7 Å². The molecule has 0 aliphatic heterocycles. The third-order valence-corrected chi connectivity index (χ3v) is 4.86. The summed E-state index contributed by atoms with van der Waals surface area (Å²) in [6.45, 7) is 3.13. The van der Waals surface area contributed by atoms with Crippen LogP contribution in [0.2, 0.25) is 0 Å². The number of hydrogen-bond donors (Lipinski definition) is 2. The van der Waals surface area contributed by atoms with Gasteiger partial charge in [0.25, 0.3) is 0 Å². The van der Waals surface area contributed by atoms with E-state index in [2.05, 4.69) is 15.3 Å². The molecule has 0 radical (unpaired) electrons. The molecule has 5 nitrogen and oxygen atoms in total. The number of aromatic amines is 1. The Morgan fingerprint density at radius 1 is 1.18 bits per heavy atom. The molecule has 28 heavy (non-hydrogen) atoms. The summed E-state index contributed by atoms with van der Waals surface area (Å²) in [5.74, 6) is -0.389. The molecule has 2 aromatic heterocycles. The van der Waals surface area contributed by atoms with Crippen LogP contribution in [0.15, 0.2) is 61.2 Å². The van der Waals surface area contributed by atoms with Crippen LogP contribution in [0.25, 0.3) is 10.9 Å². The number of H-pyrrole nitrogens is 1. The molecule has 142 valence electrons. The summed E-state index contributed by atoms with van der Waals surface area (Å²) < 4.78 is 15.6. The van der Waals surface area contributed by atoms with E-state index in [-0.39, 0.29) is 18.1 Å². The molecule has 6 heteroatoms. The van der Waals surface area contributed by atoms with Crippen molar-refractivity contribution in [3.05, 3.63) is 89.4 Å². The van der Waals surface area contributed by atoms with Gasteiger partial charge in [0.2, 0.25) is 5.91 Å². The van der Waals surface area contributed by atoms with Gasteiger partial charge >= 0.3 is 0 Å². The lowest BCUT2D eigenvalue weighted by Crippen LogP contribution is -2.24. The Morgan fingerprint density at radius 2 is 1.96 bits per heavy atom. The number of amides is 1. The minimum atomic E-state index is -0.302. The first kappa shape index (κ1) is 18.0. The number of imidazole rings is 1. The summed E-state index contributed by atoms with van der Waals surface area (Å²) in [7, 11) is 0. The summed E-state index contributed by atoms with van der Waals surface area (Å²) in [6, 6.07) is 12.7. The first-order chi connectivity index (χ1) is 13.6. The number of benzene rings is 2. The van der Waals surface area contributed by atoms with Crippen LogP contribution in [0.3, 0.4) is 0 Å². The van der Waals surface area contributed by atoms with E-state index in [9.17, 15) is 9.18 Å². The van der Waals surface area contributed by atoms with Crippen molar-refractivity contribution in [2.24, 2.45) is 0 Å². The van der Waals surface area contributed by atoms with Crippen molar-refractivity contribution < 1.29 is 9.18 Å². The lowest BCUT2D eigenvalue weighted by Gasteiger charge is -2.08. The number of carbonyl (C=O) groups excluding carboxylic acids is 1. The van der Waals surface area contributed by atoms with Crippen molar-refractivity contribution in [3.8, 4) is 0 Å². The van der Waals surface area contributed by atoms with Gasteiger partial charge in [-0.15, -0.1) is 0 Å². The minimum absolute atomic E-state index is 0.0873. The monoisotopic (exact) mass is 376 g/mol. The highest BCUT2D eigenvalue weighted by Crippen LogP contribution is 2.23. The summed E-state index contributed by atoms with van der Waals surface area (Å²) in [6.07, 6.45) is 5.68. The van der Waals surface area contributed by atoms with E-state index >= 15 is 0 Å². The molecule has 4 aromatic rings. The largest absolute Gasteiger partial charge is 0.358 e. The predicted molar refractivity (Wildman–Crippen MR) is 106 cm³/mol. The van der Waals surface area contributed by atoms with Gasteiger partial charge in [0.1, 0.15) is 5.82 Å². The Morgan fingerprint density at radius 3 is 2.71 bits per heavy atom.